The van der Waals surface area contributed by atoms with E-state index in [4.69, 9.17) is 5.11 Å². The Morgan fingerprint density at radius 2 is 2.06 bits per heavy atom. The molecule has 1 heterocycles. The first-order valence-corrected chi connectivity index (χ1v) is 5.46. The van der Waals surface area contributed by atoms with Crippen LogP contribution in [0, 0.1) is 6.92 Å². The van der Waals surface area contributed by atoms with Crippen molar-refractivity contribution >= 4 is 5.97 Å². The number of nitrogens with zero attached hydrogens (tertiary/aromatic N) is 2. The number of aromatic carboxylic acids is 1. The molecule has 4 nitrogen and oxygen atoms in total. The van der Waals surface area contributed by atoms with Crippen LogP contribution < -0.4 is 0 Å². The van der Waals surface area contributed by atoms with Crippen LogP contribution in [0.25, 0.3) is 0 Å². The SMILES string of the molecule is Cc1ccc(CCn2cc(C(=O)O)cn2)cc1. The highest BCUT2D eigenvalue weighted by Gasteiger charge is 2.05. The van der Waals surface area contributed by atoms with Gasteiger partial charge in [-0.1, -0.05) is 29.8 Å². The van der Waals surface area contributed by atoms with Gasteiger partial charge in [0, 0.05) is 12.7 Å². The van der Waals surface area contributed by atoms with Gasteiger partial charge in [0.05, 0.1) is 11.8 Å². The molecule has 0 aliphatic heterocycles. The van der Waals surface area contributed by atoms with Crippen molar-refractivity contribution in [1.82, 2.24) is 9.78 Å². The van der Waals surface area contributed by atoms with Crippen LogP contribution in [0.1, 0.15) is 21.5 Å². The van der Waals surface area contributed by atoms with E-state index in [9.17, 15) is 4.79 Å². The molecule has 0 bridgehead atoms. The number of aryl methyl sites for hydroxylation is 3. The van der Waals surface area contributed by atoms with Crippen molar-refractivity contribution in [2.24, 2.45) is 0 Å². The van der Waals surface area contributed by atoms with E-state index in [1.165, 1.54) is 17.3 Å². The number of carboxylic acids is 1. The van der Waals surface area contributed by atoms with Crippen molar-refractivity contribution in [2.45, 2.75) is 19.9 Å². The largest absolute Gasteiger partial charge is 0.478 e. The lowest BCUT2D eigenvalue weighted by atomic mass is 10.1. The Bertz CT molecular complexity index is 514. The lowest BCUT2D eigenvalue weighted by Gasteiger charge is -2.02. The van der Waals surface area contributed by atoms with Crippen LogP contribution in [-0.2, 0) is 13.0 Å². The summed E-state index contributed by atoms with van der Waals surface area (Å²) in [5.41, 5.74) is 2.69. The fourth-order valence-electron chi connectivity index (χ4n) is 1.59. The minimum absolute atomic E-state index is 0.230. The number of hydrogen-bond donors (Lipinski definition) is 1. The highest BCUT2D eigenvalue weighted by Crippen LogP contribution is 2.05. The van der Waals surface area contributed by atoms with Crippen molar-refractivity contribution in [3.05, 3.63) is 53.3 Å². The van der Waals surface area contributed by atoms with Crippen molar-refractivity contribution < 1.29 is 9.90 Å². The number of benzene rings is 1. The topological polar surface area (TPSA) is 55.1 Å². The summed E-state index contributed by atoms with van der Waals surface area (Å²) < 4.78 is 1.66. The van der Waals surface area contributed by atoms with Crippen molar-refractivity contribution in [3.8, 4) is 0 Å². The number of carboxylic acid groups (broad SMARTS) is 1. The van der Waals surface area contributed by atoms with Gasteiger partial charge >= 0.3 is 5.97 Å². The molecule has 0 unspecified atom stereocenters. The molecule has 0 aliphatic carbocycles. The molecular formula is C13H14N2O2. The Morgan fingerprint density at radius 3 is 2.65 bits per heavy atom. The second-order valence-electron chi connectivity index (χ2n) is 4.03. The van der Waals surface area contributed by atoms with E-state index in [-0.39, 0.29) is 5.56 Å². The third kappa shape index (κ3) is 2.93. The molecule has 4 heteroatoms. The fourth-order valence-corrected chi connectivity index (χ4v) is 1.59. The van der Waals surface area contributed by atoms with Crippen LogP contribution >= 0.6 is 0 Å². The van der Waals surface area contributed by atoms with E-state index in [0.29, 0.717) is 6.54 Å². The molecule has 17 heavy (non-hydrogen) atoms. The maximum Gasteiger partial charge on any atom is 0.338 e. The third-order valence-corrected chi connectivity index (χ3v) is 2.63. The summed E-state index contributed by atoms with van der Waals surface area (Å²) in [5.74, 6) is -0.938. The zero-order chi connectivity index (χ0) is 12.3. The van der Waals surface area contributed by atoms with Crippen LogP contribution in [-0.4, -0.2) is 20.9 Å². The summed E-state index contributed by atoms with van der Waals surface area (Å²) in [6.07, 6.45) is 3.77. The molecule has 0 radical (unpaired) electrons. The van der Waals surface area contributed by atoms with Crippen molar-refractivity contribution in [3.63, 3.8) is 0 Å². The second kappa shape index (κ2) is 4.82. The first-order valence-electron chi connectivity index (χ1n) is 5.46. The molecule has 1 aromatic carbocycles. The maximum absolute atomic E-state index is 10.7. The molecule has 1 N–H and O–H groups in total. The van der Waals surface area contributed by atoms with Gasteiger partial charge in [-0.3, -0.25) is 4.68 Å². The summed E-state index contributed by atoms with van der Waals surface area (Å²) in [5, 5.41) is 12.8. The predicted molar refractivity (Wildman–Crippen MR) is 64.1 cm³/mol. The Labute approximate surface area is 99.5 Å². The molecule has 0 atom stereocenters. The molecule has 0 amide bonds. The van der Waals surface area contributed by atoms with Crippen LogP contribution in [0.4, 0.5) is 0 Å². The lowest BCUT2D eigenvalue weighted by Crippen LogP contribution is -2.02. The van der Waals surface area contributed by atoms with Crippen LogP contribution in [0.3, 0.4) is 0 Å². The molecule has 0 saturated carbocycles. The summed E-state index contributed by atoms with van der Waals surface area (Å²) >= 11 is 0. The molecule has 2 rings (SSSR count). The maximum atomic E-state index is 10.7. The highest BCUT2D eigenvalue weighted by molar-refractivity contribution is 5.86. The van der Waals surface area contributed by atoms with Crippen molar-refractivity contribution in [2.75, 3.05) is 0 Å². The van der Waals surface area contributed by atoms with E-state index in [0.717, 1.165) is 6.42 Å². The van der Waals surface area contributed by atoms with E-state index in [2.05, 4.69) is 36.3 Å². The van der Waals surface area contributed by atoms with Gasteiger partial charge in [-0.15, -0.1) is 0 Å². The summed E-state index contributed by atoms with van der Waals surface area (Å²) in [7, 11) is 0. The smallest absolute Gasteiger partial charge is 0.338 e. The van der Waals surface area contributed by atoms with Gasteiger partial charge in [-0.25, -0.2) is 4.79 Å². The standard InChI is InChI=1S/C13H14N2O2/c1-10-2-4-11(5-3-10)6-7-15-9-12(8-14-15)13(16)17/h2-5,8-9H,6-7H2,1H3,(H,16,17). The average molecular weight is 230 g/mol. The summed E-state index contributed by atoms with van der Waals surface area (Å²) in [4.78, 5) is 10.7. The fraction of sp³-hybridized carbons (Fsp3) is 0.231. The number of rotatable bonds is 4. The Kier molecular flexibility index (Phi) is 3.23. The monoisotopic (exact) mass is 230 g/mol. The lowest BCUT2D eigenvalue weighted by molar-refractivity contribution is 0.0697. The number of hydrogen-bond acceptors (Lipinski definition) is 2. The van der Waals surface area contributed by atoms with Gasteiger partial charge in [-0.2, -0.15) is 5.10 Å². The van der Waals surface area contributed by atoms with Gasteiger partial charge in [0.25, 0.3) is 0 Å². The first-order chi connectivity index (χ1) is 8.15. The van der Waals surface area contributed by atoms with E-state index in [1.54, 1.807) is 10.9 Å². The zero-order valence-electron chi connectivity index (χ0n) is 9.63. The second-order valence-corrected chi connectivity index (χ2v) is 4.03. The molecule has 1 aromatic heterocycles. The van der Waals surface area contributed by atoms with E-state index < -0.39 is 5.97 Å². The quantitative estimate of drug-likeness (QED) is 0.875. The first kappa shape index (κ1) is 11.4. The number of carbonyl (C=O) groups is 1. The van der Waals surface area contributed by atoms with Crippen molar-refractivity contribution in [1.29, 1.82) is 0 Å². The molecular weight excluding hydrogens is 216 g/mol. The minimum atomic E-state index is -0.938. The Hall–Kier alpha value is -2.10. The Balaban J connectivity index is 1.97. The summed E-state index contributed by atoms with van der Waals surface area (Å²) in [6.45, 7) is 2.74. The zero-order valence-corrected chi connectivity index (χ0v) is 9.63. The van der Waals surface area contributed by atoms with Crippen LogP contribution in [0.2, 0.25) is 0 Å². The van der Waals surface area contributed by atoms with Crippen LogP contribution in [0.5, 0.6) is 0 Å². The molecule has 0 spiro atoms. The van der Waals surface area contributed by atoms with Gasteiger partial charge in [0.15, 0.2) is 0 Å². The molecule has 2 aromatic rings. The van der Waals surface area contributed by atoms with E-state index in [1.807, 2.05) is 0 Å². The third-order valence-electron chi connectivity index (χ3n) is 2.63. The molecule has 0 aliphatic rings. The van der Waals surface area contributed by atoms with Crippen LogP contribution in [0.15, 0.2) is 36.7 Å². The minimum Gasteiger partial charge on any atom is -0.478 e. The predicted octanol–water partition coefficient (Wildman–Crippen LogP) is 2.13. The van der Waals surface area contributed by atoms with Gasteiger partial charge in [0.2, 0.25) is 0 Å². The van der Waals surface area contributed by atoms with Gasteiger partial charge < -0.3 is 5.11 Å². The molecule has 0 fully saturated rings. The normalized spacial score (nSPS) is 10.4. The van der Waals surface area contributed by atoms with Gasteiger partial charge in [0.1, 0.15) is 0 Å². The van der Waals surface area contributed by atoms with Gasteiger partial charge in [-0.05, 0) is 18.9 Å². The summed E-state index contributed by atoms with van der Waals surface area (Å²) in [6, 6.07) is 8.30. The Morgan fingerprint density at radius 1 is 1.35 bits per heavy atom. The number of aromatic nitrogens is 2. The highest BCUT2D eigenvalue weighted by atomic mass is 16.4. The molecule has 88 valence electrons. The average Bonchev–Trinajstić information content (AvgIpc) is 2.77. The van der Waals surface area contributed by atoms with E-state index >= 15 is 0 Å². The molecule has 0 saturated heterocycles.